The van der Waals surface area contributed by atoms with Gasteiger partial charge in [-0.15, -0.1) is 23.1 Å². The zero-order valence-corrected chi connectivity index (χ0v) is 15.8. The van der Waals surface area contributed by atoms with E-state index in [0.29, 0.717) is 22.8 Å². The van der Waals surface area contributed by atoms with E-state index in [4.69, 9.17) is 0 Å². The van der Waals surface area contributed by atoms with Crippen molar-refractivity contribution in [3.8, 4) is 0 Å². The molecule has 0 spiro atoms. The first-order valence-electron chi connectivity index (χ1n) is 7.78. The summed E-state index contributed by atoms with van der Waals surface area (Å²) in [5.74, 6) is 1.44. The number of nitrogens with one attached hydrogen (secondary N) is 2. The lowest BCUT2D eigenvalue weighted by Gasteiger charge is -2.11. The van der Waals surface area contributed by atoms with E-state index in [0.717, 1.165) is 15.3 Å². The van der Waals surface area contributed by atoms with Gasteiger partial charge in [0.2, 0.25) is 5.91 Å². The molecule has 0 aliphatic carbocycles. The van der Waals surface area contributed by atoms with Crippen molar-refractivity contribution >= 4 is 45.0 Å². The van der Waals surface area contributed by atoms with Crippen molar-refractivity contribution < 1.29 is 4.79 Å². The Morgan fingerprint density at radius 2 is 2.20 bits per heavy atom. The Kier molecular flexibility index (Phi) is 5.19. The fourth-order valence-corrected chi connectivity index (χ4v) is 4.12. The molecule has 3 aromatic rings. The second kappa shape index (κ2) is 7.37. The van der Waals surface area contributed by atoms with Gasteiger partial charge in [-0.1, -0.05) is 6.07 Å². The molecule has 3 aromatic heterocycles. The van der Waals surface area contributed by atoms with Gasteiger partial charge in [0.1, 0.15) is 16.5 Å². The predicted octanol–water partition coefficient (Wildman–Crippen LogP) is 3.26. The highest BCUT2D eigenvalue weighted by Gasteiger charge is 2.16. The minimum Gasteiger partial charge on any atom is -0.310 e. The third-order valence-corrected chi connectivity index (χ3v) is 6.10. The number of aromatic amines is 1. The normalized spacial score (nSPS) is 12.3. The van der Waals surface area contributed by atoms with Gasteiger partial charge >= 0.3 is 0 Å². The molecule has 0 saturated carbocycles. The van der Waals surface area contributed by atoms with Crippen LogP contribution < -0.4 is 10.9 Å². The average molecular weight is 374 g/mol. The monoisotopic (exact) mass is 374 g/mol. The number of aromatic nitrogens is 3. The van der Waals surface area contributed by atoms with Crippen LogP contribution in [0.1, 0.15) is 23.2 Å². The molecule has 130 valence electrons. The number of hydrogen-bond donors (Lipinski definition) is 2. The molecule has 1 atom stereocenters. The third kappa shape index (κ3) is 3.91. The molecule has 25 heavy (non-hydrogen) atoms. The molecule has 0 fully saturated rings. The second-order valence-electron chi connectivity index (χ2n) is 5.63. The fraction of sp³-hybridized carbons (Fsp3) is 0.294. The minimum absolute atomic E-state index is 0.118. The topological polar surface area (TPSA) is 87.7 Å². The number of anilines is 1. The number of aryl methyl sites for hydroxylation is 2. The summed E-state index contributed by atoms with van der Waals surface area (Å²) in [6, 6.07) is 5.35. The van der Waals surface area contributed by atoms with Crippen molar-refractivity contribution in [3.05, 3.63) is 51.0 Å². The van der Waals surface area contributed by atoms with Crippen molar-refractivity contribution in [3.63, 3.8) is 0 Å². The van der Waals surface area contributed by atoms with Crippen LogP contribution in [0.15, 0.2) is 29.2 Å². The smallest absolute Gasteiger partial charge is 0.259 e. The Bertz CT molecular complexity index is 966. The highest BCUT2D eigenvalue weighted by atomic mass is 32.2. The lowest BCUT2D eigenvalue weighted by Crippen LogP contribution is -2.23. The Hall–Kier alpha value is -2.19. The summed E-state index contributed by atoms with van der Waals surface area (Å²) < 4.78 is 0. The van der Waals surface area contributed by atoms with E-state index in [-0.39, 0.29) is 16.7 Å². The number of carbonyl (C=O) groups is 1. The highest BCUT2D eigenvalue weighted by molar-refractivity contribution is 7.99. The number of thiophene rings is 1. The number of thioether (sulfide) groups is 1. The summed E-state index contributed by atoms with van der Waals surface area (Å²) in [5, 5.41) is 3.14. The Morgan fingerprint density at radius 1 is 1.40 bits per heavy atom. The number of hydrogen-bond acceptors (Lipinski definition) is 6. The second-order valence-corrected chi connectivity index (χ2v) is 8.17. The molecule has 3 heterocycles. The van der Waals surface area contributed by atoms with E-state index in [9.17, 15) is 9.59 Å². The maximum Gasteiger partial charge on any atom is 0.259 e. The Balaban J connectivity index is 1.68. The summed E-state index contributed by atoms with van der Waals surface area (Å²) >= 11 is 2.94. The van der Waals surface area contributed by atoms with Gasteiger partial charge in [-0.25, -0.2) is 9.97 Å². The van der Waals surface area contributed by atoms with Gasteiger partial charge in [-0.3, -0.25) is 9.59 Å². The first kappa shape index (κ1) is 17.6. The summed E-state index contributed by atoms with van der Waals surface area (Å²) in [5.41, 5.74) is 0.865. The minimum atomic E-state index is -0.296. The van der Waals surface area contributed by atoms with Gasteiger partial charge in [0, 0.05) is 11.1 Å². The van der Waals surface area contributed by atoms with Gasteiger partial charge in [0.15, 0.2) is 0 Å². The van der Waals surface area contributed by atoms with Gasteiger partial charge in [0.25, 0.3) is 5.56 Å². The molecule has 8 heteroatoms. The molecule has 6 nitrogen and oxygen atoms in total. The lowest BCUT2D eigenvalue weighted by molar-refractivity contribution is -0.115. The van der Waals surface area contributed by atoms with Crippen molar-refractivity contribution in [2.45, 2.75) is 31.8 Å². The molecule has 2 N–H and O–H groups in total. The first-order valence-corrected chi connectivity index (χ1v) is 9.64. The Labute approximate surface area is 153 Å². The molecule has 1 amide bonds. The molecular weight excluding hydrogens is 356 g/mol. The largest absolute Gasteiger partial charge is 0.310 e. The number of amides is 1. The molecule has 0 aliphatic heterocycles. The number of pyridine rings is 1. The van der Waals surface area contributed by atoms with Gasteiger partial charge in [-0.05, 0) is 38.5 Å². The number of rotatable bonds is 5. The zero-order chi connectivity index (χ0) is 18.0. The summed E-state index contributed by atoms with van der Waals surface area (Å²) in [4.78, 5) is 37.7. The van der Waals surface area contributed by atoms with Gasteiger partial charge in [0.05, 0.1) is 16.4 Å². The number of H-pyrrole nitrogens is 1. The van der Waals surface area contributed by atoms with Crippen LogP contribution in [0.25, 0.3) is 10.2 Å². The molecule has 1 unspecified atom stereocenters. The number of fused-ring (bicyclic) bond motifs is 1. The third-order valence-electron chi connectivity index (χ3n) is 3.84. The molecule has 3 rings (SSSR count). The van der Waals surface area contributed by atoms with Crippen LogP contribution in [-0.4, -0.2) is 26.1 Å². The van der Waals surface area contributed by atoms with E-state index in [2.05, 4.69) is 20.3 Å². The Morgan fingerprint density at radius 3 is 2.92 bits per heavy atom. The molecule has 0 aromatic carbocycles. The molecular formula is C17H18N4O2S2. The van der Waals surface area contributed by atoms with Gasteiger partial charge in [-0.2, -0.15) is 0 Å². The molecule has 0 bridgehead atoms. The molecule has 0 saturated heterocycles. The van der Waals surface area contributed by atoms with Crippen molar-refractivity contribution in [2.75, 3.05) is 5.32 Å². The first-order chi connectivity index (χ1) is 12.0. The van der Waals surface area contributed by atoms with Crippen molar-refractivity contribution in [2.24, 2.45) is 0 Å². The van der Waals surface area contributed by atoms with Crippen LogP contribution in [0.3, 0.4) is 0 Å². The van der Waals surface area contributed by atoms with Crippen molar-refractivity contribution in [1.82, 2.24) is 15.0 Å². The van der Waals surface area contributed by atoms with E-state index >= 15 is 0 Å². The van der Waals surface area contributed by atoms with E-state index in [1.54, 1.807) is 18.3 Å². The summed E-state index contributed by atoms with van der Waals surface area (Å²) in [7, 11) is 0. The number of carbonyl (C=O) groups excluding carboxylic acids is 1. The molecule has 0 aliphatic rings. The SMILES string of the molecule is Cc1sc2nc(CSC(C)C(=O)Nc3ccccn3)[nH]c(=O)c2c1C. The van der Waals surface area contributed by atoms with Crippen LogP contribution in [0, 0.1) is 13.8 Å². The highest BCUT2D eigenvalue weighted by Crippen LogP contribution is 2.26. The standard InChI is InChI=1S/C17H18N4O2S2/c1-9-10(2)25-17-14(9)16(23)20-13(21-17)8-24-11(3)15(22)19-12-6-4-5-7-18-12/h4-7,11H,8H2,1-3H3,(H,18,19,22)(H,20,21,23). The summed E-state index contributed by atoms with van der Waals surface area (Å²) in [6.07, 6.45) is 1.63. The quantitative estimate of drug-likeness (QED) is 0.716. The van der Waals surface area contributed by atoms with Crippen LogP contribution in [-0.2, 0) is 10.5 Å². The zero-order valence-electron chi connectivity index (χ0n) is 14.1. The van der Waals surface area contributed by atoms with Gasteiger partial charge < -0.3 is 10.3 Å². The van der Waals surface area contributed by atoms with Crippen molar-refractivity contribution in [1.29, 1.82) is 0 Å². The predicted molar refractivity (Wildman–Crippen MR) is 103 cm³/mol. The van der Waals surface area contributed by atoms with Crippen LogP contribution in [0.2, 0.25) is 0 Å². The van der Waals surface area contributed by atoms with Crippen LogP contribution in [0.4, 0.5) is 5.82 Å². The fourth-order valence-electron chi connectivity index (χ4n) is 2.31. The molecule has 0 radical (unpaired) electrons. The maximum atomic E-state index is 12.3. The number of nitrogens with zero attached hydrogens (tertiary/aromatic N) is 2. The maximum absolute atomic E-state index is 12.3. The van der Waals surface area contributed by atoms with Crippen LogP contribution in [0.5, 0.6) is 0 Å². The lowest BCUT2D eigenvalue weighted by atomic mass is 10.2. The van der Waals surface area contributed by atoms with E-state index in [1.807, 2.05) is 26.8 Å². The summed E-state index contributed by atoms with van der Waals surface area (Å²) in [6.45, 7) is 5.74. The van der Waals surface area contributed by atoms with E-state index in [1.165, 1.54) is 23.1 Å². The van der Waals surface area contributed by atoms with Crippen LogP contribution >= 0.6 is 23.1 Å². The van der Waals surface area contributed by atoms with E-state index < -0.39 is 0 Å². The average Bonchev–Trinajstić information content (AvgIpc) is 2.88.